The highest BCUT2D eigenvalue weighted by Crippen LogP contribution is 2.35. The van der Waals surface area contributed by atoms with Crippen molar-refractivity contribution in [3.8, 4) is 22.8 Å². The van der Waals surface area contributed by atoms with E-state index in [1.165, 1.54) is 23.1 Å². The van der Waals surface area contributed by atoms with Crippen molar-refractivity contribution >= 4 is 62.7 Å². The van der Waals surface area contributed by atoms with Gasteiger partial charge in [-0.25, -0.2) is 4.98 Å². The van der Waals surface area contributed by atoms with Crippen molar-refractivity contribution in [2.75, 3.05) is 26.1 Å². The van der Waals surface area contributed by atoms with E-state index >= 15 is 0 Å². The van der Waals surface area contributed by atoms with Crippen LogP contribution in [0.2, 0.25) is 0 Å². The van der Waals surface area contributed by atoms with Crippen LogP contribution in [0.4, 0.5) is 5.13 Å². The highest BCUT2D eigenvalue weighted by Gasteiger charge is 2.31. The first-order chi connectivity index (χ1) is 18.0. The average molecular weight is 554 g/mol. The van der Waals surface area contributed by atoms with Crippen molar-refractivity contribution in [3.05, 3.63) is 64.4 Å². The van der Waals surface area contributed by atoms with E-state index in [1.54, 1.807) is 25.2 Å². The highest BCUT2D eigenvalue weighted by atomic mass is 32.2. The number of nitrogens with one attached hydrogen (secondary N) is 1. The molecule has 1 aromatic heterocycles. The van der Waals surface area contributed by atoms with E-state index in [0.29, 0.717) is 38.8 Å². The van der Waals surface area contributed by atoms with Crippen LogP contribution in [-0.4, -0.2) is 46.8 Å². The Balaban J connectivity index is 1.21. The van der Waals surface area contributed by atoms with E-state index in [2.05, 4.69) is 10.3 Å². The van der Waals surface area contributed by atoms with E-state index in [9.17, 15) is 9.59 Å². The second-order valence-corrected chi connectivity index (χ2v) is 10.7. The van der Waals surface area contributed by atoms with Gasteiger partial charge in [-0.1, -0.05) is 66.8 Å². The van der Waals surface area contributed by atoms with E-state index in [-0.39, 0.29) is 11.8 Å². The molecule has 2 aromatic carbocycles. The van der Waals surface area contributed by atoms with Gasteiger partial charge in [0.1, 0.15) is 4.32 Å². The molecule has 3 aromatic rings. The zero-order chi connectivity index (χ0) is 26.2. The Kier molecular flexibility index (Phi) is 9.32. The van der Waals surface area contributed by atoms with Gasteiger partial charge in [0.2, 0.25) is 5.91 Å². The fourth-order valence-corrected chi connectivity index (χ4v) is 5.82. The molecule has 1 saturated heterocycles. The highest BCUT2D eigenvalue weighted by molar-refractivity contribution is 8.26. The largest absolute Gasteiger partial charge is 0.493 e. The predicted octanol–water partition coefficient (Wildman–Crippen LogP) is 6.23. The van der Waals surface area contributed by atoms with Crippen molar-refractivity contribution in [2.45, 2.75) is 25.7 Å². The fourth-order valence-electron chi connectivity index (χ4n) is 3.77. The molecule has 0 bridgehead atoms. The molecule has 0 aliphatic carbocycles. The van der Waals surface area contributed by atoms with Gasteiger partial charge in [0, 0.05) is 23.9 Å². The summed E-state index contributed by atoms with van der Waals surface area (Å²) in [5, 5.41) is 5.42. The van der Waals surface area contributed by atoms with Gasteiger partial charge in [-0.15, -0.1) is 11.3 Å². The number of nitrogens with zero attached hydrogens (tertiary/aromatic N) is 2. The van der Waals surface area contributed by atoms with Crippen LogP contribution >= 0.6 is 35.3 Å². The first kappa shape index (κ1) is 26.8. The molecular formula is C27H27N3O4S3. The van der Waals surface area contributed by atoms with Crippen LogP contribution < -0.4 is 14.8 Å². The average Bonchev–Trinajstić information content (AvgIpc) is 3.48. The van der Waals surface area contributed by atoms with Gasteiger partial charge < -0.3 is 14.8 Å². The number of thiazole rings is 1. The van der Waals surface area contributed by atoms with E-state index < -0.39 is 0 Å². The Morgan fingerprint density at radius 3 is 2.62 bits per heavy atom. The molecule has 1 aliphatic heterocycles. The minimum absolute atomic E-state index is 0.0579. The normalized spacial score (nSPS) is 14.3. The molecule has 0 unspecified atom stereocenters. The number of unbranched alkanes of at least 4 members (excludes halogenated alkanes) is 2. The molecule has 4 rings (SSSR count). The molecule has 1 N–H and O–H groups in total. The third-order valence-corrected chi connectivity index (χ3v) is 7.82. The Labute approximate surface area is 229 Å². The number of amides is 2. The van der Waals surface area contributed by atoms with E-state index in [4.69, 9.17) is 21.7 Å². The van der Waals surface area contributed by atoms with Crippen LogP contribution in [-0.2, 0) is 9.59 Å². The Bertz CT molecular complexity index is 1310. The monoisotopic (exact) mass is 553 g/mol. The predicted molar refractivity (Wildman–Crippen MR) is 154 cm³/mol. The lowest BCUT2D eigenvalue weighted by Crippen LogP contribution is -2.29. The molecule has 0 saturated carbocycles. The Morgan fingerprint density at radius 2 is 1.86 bits per heavy atom. The number of hydrogen-bond donors (Lipinski definition) is 1. The smallest absolute Gasteiger partial charge is 0.266 e. The Morgan fingerprint density at radius 1 is 1.08 bits per heavy atom. The van der Waals surface area contributed by atoms with Crippen LogP contribution in [0.1, 0.15) is 31.2 Å². The molecule has 7 nitrogen and oxygen atoms in total. The lowest BCUT2D eigenvalue weighted by Gasteiger charge is -2.14. The molecule has 2 heterocycles. The second kappa shape index (κ2) is 12.8. The van der Waals surface area contributed by atoms with Crippen LogP contribution in [0.25, 0.3) is 17.3 Å². The van der Waals surface area contributed by atoms with E-state index in [0.717, 1.165) is 36.1 Å². The van der Waals surface area contributed by atoms with Crippen molar-refractivity contribution in [1.82, 2.24) is 9.88 Å². The summed E-state index contributed by atoms with van der Waals surface area (Å²) in [5.74, 6) is 1.07. The van der Waals surface area contributed by atoms with Gasteiger partial charge in [-0.2, -0.15) is 0 Å². The third-order valence-electron chi connectivity index (χ3n) is 5.68. The number of carbonyl (C=O) groups excluding carboxylic acids is 2. The van der Waals surface area contributed by atoms with Gasteiger partial charge in [-0.05, 0) is 36.6 Å². The summed E-state index contributed by atoms with van der Waals surface area (Å²) in [6, 6.07) is 15.4. The number of anilines is 1. The molecule has 37 heavy (non-hydrogen) atoms. The first-order valence-electron chi connectivity index (χ1n) is 11.8. The lowest BCUT2D eigenvalue weighted by molar-refractivity contribution is -0.122. The fraction of sp³-hybridized carbons (Fsp3) is 0.259. The molecule has 10 heteroatoms. The number of aromatic nitrogens is 1. The minimum atomic E-state index is -0.0967. The number of ether oxygens (including phenoxy) is 2. The summed E-state index contributed by atoms with van der Waals surface area (Å²) in [6.45, 7) is 0.530. The van der Waals surface area contributed by atoms with Crippen molar-refractivity contribution < 1.29 is 19.1 Å². The summed E-state index contributed by atoms with van der Waals surface area (Å²) < 4.78 is 11.2. The van der Waals surface area contributed by atoms with Crippen molar-refractivity contribution in [2.24, 2.45) is 0 Å². The Hall–Kier alpha value is -3.21. The summed E-state index contributed by atoms with van der Waals surface area (Å²) in [7, 11) is 3.16. The number of carbonyl (C=O) groups is 2. The molecule has 192 valence electrons. The number of methoxy groups -OCH3 is 2. The van der Waals surface area contributed by atoms with Gasteiger partial charge in [-0.3, -0.25) is 14.5 Å². The van der Waals surface area contributed by atoms with Gasteiger partial charge in [0.25, 0.3) is 5.91 Å². The maximum absolute atomic E-state index is 12.9. The lowest BCUT2D eigenvalue weighted by atomic mass is 10.1. The summed E-state index contributed by atoms with van der Waals surface area (Å²) in [6.07, 6.45) is 4.51. The van der Waals surface area contributed by atoms with Crippen LogP contribution in [0.5, 0.6) is 11.5 Å². The molecule has 0 radical (unpaired) electrons. The number of benzene rings is 2. The van der Waals surface area contributed by atoms with Gasteiger partial charge in [0.05, 0.1) is 24.8 Å². The first-order valence-corrected chi connectivity index (χ1v) is 13.9. The van der Waals surface area contributed by atoms with Gasteiger partial charge in [0.15, 0.2) is 16.6 Å². The molecule has 2 amide bonds. The maximum Gasteiger partial charge on any atom is 0.266 e. The second-order valence-electron chi connectivity index (χ2n) is 8.21. The topological polar surface area (TPSA) is 80.8 Å². The maximum atomic E-state index is 12.9. The summed E-state index contributed by atoms with van der Waals surface area (Å²) >= 11 is 8.15. The standard InChI is InChI=1S/C27H27N3O4S3/c1-33-21-13-12-18(15-22(21)34-2)16-23-25(32)30(27(35)37-23)14-8-4-7-11-24(31)29-26-28-20(17-36-26)19-9-5-3-6-10-19/h3,5-6,9-10,12-13,15-17H,4,7-8,11,14H2,1-2H3,(H,28,29,31)/b23-16-. The quantitative estimate of drug-likeness (QED) is 0.171. The molecule has 0 atom stereocenters. The molecule has 0 spiro atoms. The molecule has 1 fully saturated rings. The third kappa shape index (κ3) is 6.97. The van der Waals surface area contributed by atoms with Crippen LogP contribution in [0.3, 0.4) is 0 Å². The zero-order valence-electron chi connectivity index (χ0n) is 20.6. The minimum Gasteiger partial charge on any atom is -0.493 e. The van der Waals surface area contributed by atoms with Crippen molar-refractivity contribution in [1.29, 1.82) is 0 Å². The number of hydrogen-bond acceptors (Lipinski definition) is 8. The number of thioether (sulfide) groups is 1. The van der Waals surface area contributed by atoms with Gasteiger partial charge >= 0.3 is 0 Å². The zero-order valence-corrected chi connectivity index (χ0v) is 23.0. The van der Waals surface area contributed by atoms with Crippen LogP contribution in [0, 0.1) is 0 Å². The number of thiocarbonyl (C=S) groups is 1. The SMILES string of the molecule is COc1ccc(/C=C2\SC(=S)N(CCCCCC(=O)Nc3nc(-c4ccccc4)cs3)C2=O)cc1OC. The summed E-state index contributed by atoms with van der Waals surface area (Å²) in [5.41, 5.74) is 2.71. The van der Waals surface area contributed by atoms with Crippen molar-refractivity contribution in [3.63, 3.8) is 0 Å². The summed E-state index contributed by atoms with van der Waals surface area (Å²) in [4.78, 5) is 31.9. The van der Waals surface area contributed by atoms with Crippen LogP contribution in [0.15, 0.2) is 58.8 Å². The number of rotatable bonds is 11. The van der Waals surface area contributed by atoms with E-state index in [1.807, 2.05) is 53.9 Å². The molecular weight excluding hydrogens is 527 g/mol. The molecule has 1 aliphatic rings.